The zero-order chi connectivity index (χ0) is 14.2. The molecular formula is C15H17N3O3. The van der Waals surface area contributed by atoms with Gasteiger partial charge in [-0.25, -0.2) is 0 Å². The van der Waals surface area contributed by atoms with Gasteiger partial charge in [0.2, 0.25) is 6.79 Å². The molecule has 110 valence electrons. The molecule has 0 amide bonds. The third kappa shape index (κ3) is 2.42. The van der Waals surface area contributed by atoms with Gasteiger partial charge in [0.25, 0.3) is 0 Å². The van der Waals surface area contributed by atoms with Crippen LogP contribution in [-0.4, -0.2) is 40.7 Å². The van der Waals surface area contributed by atoms with Crippen molar-refractivity contribution in [3.8, 4) is 17.2 Å². The molecule has 0 radical (unpaired) electrons. The molecule has 1 aromatic carbocycles. The summed E-state index contributed by atoms with van der Waals surface area (Å²) in [5.74, 6) is 2.39. The second-order valence-electron chi connectivity index (χ2n) is 5.40. The van der Waals surface area contributed by atoms with E-state index >= 15 is 0 Å². The van der Waals surface area contributed by atoms with Crippen molar-refractivity contribution in [2.24, 2.45) is 7.05 Å². The molecule has 0 spiro atoms. The van der Waals surface area contributed by atoms with Crippen molar-refractivity contribution in [2.75, 3.05) is 19.9 Å². The van der Waals surface area contributed by atoms with E-state index in [1.165, 1.54) is 5.69 Å². The largest absolute Gasteiger partial charge is 0.488 e. The molecular weight excluding hydrogens is 270 g/mol. The molecule has 6 nitrogen and oxygen atoms in total. The van der Waals surface area contributed by atoms with Crippen LogP contribution in [0.15, 0.2) is 30.5 Å². The summed E-state index contributed by atoms with van der Waals surface area (Å²) in [5, 5.41) is 4.18. The highest BCUT2D eigenvalue weighted by Gasteiger charge is 2.29. The molecule has 2 aromatic rings. The van der Waals surface area contributed by atoms with Gasteiger partial charge in [0.1, 0.15) is 11.9 Å². The number of nitrogens with zero attached hydrogens (tertiary/aromatic N) is 3. The van der Waals surface area contributed by atoms with Crippen molar-refractivity contribution in [1.82, 2.24) is 14.7 Å². The van der Waals surface area contributed by atoms with Crippen molar-refractivity contribution >= 4 is 0 Å². The first-order chi connectivity index (χ1) is 10.3. The van der Waals surface area contributed by atoms with Crippen LogP contribution < -0.4 is 14.2 Å². The van der Waals surface area contributed by atoms with Crippen molar-refractivity contribution in [3.63, 3.8) is 0 Å². The van der Waals surface area contributed by atoms with E-state index in [2.05, 4.69) is 10.00 Å². The summed E-state index contributed by atoms with van der Waals surface area (Å²) in [6.07, 6.45) is 2.06. The molecule has 0 unspecified atom stereocenters. The fraction of sp³-hybridized carbons (Fsp3) is 0.400. The molecule has 1 fully saturated rings. The Balaban J connectivity index is 1.31. The van der Waals surface area contributed by atoms with Crippen LogP contribution in [0.25, 0.3) is 0 Å². The maximum Gasteiger partial charge on any atom is 0.231 e. The van der Waals surface area contributed by atoms with Gasteiger partial charge < -0.3 is 14.2 Å². The molecule has 1 aromatic heterocycles. The van der Waals surface area contributed by atoms with Gasteiger partial charge in [-0.2, -0.15) is 5.10 Å². The smallest absolute Gasteiger partial charge is 0.231 e. The predicted octanol–water partition coefficient (Wildman–Crippen LogP) is 1.41. The monoisotopic (exact) mass is 287 g/mol. The minimum absolute atomic E-state index is 0.235. The fourth-order valence-electron chi connectivity index (χ4n) is 2.65. The molecule has 6 heteroatoms. The van der Waals surface area contributed by atoms with Gasteiger partial charge in [-0.1, -0.05) is 0 Å². The Labute approximate surface area is 122 Å². The summed E-state index contributed by atoms with van der Waals surface area (Å²) < 4.78 is 18.5. The van der Waals surface area contributed by atoms with Gasteiger partial charge in [0, 0.05) is 38.9 Å². The Hall–Kier alpha value is -2.21. The van der Waals surface area contributed by atoms with Crippen molar-refractivity contribution in [3.05, 3.63) is 36.2 Å². The predicted molar refractivity (Wildman–Crippen MR) is 75.5 cm³/mol. The van der Waals surface area contributed by atoms with Crippen LogP contribution in [0.5, 0.6) is 17.2 Å². The molecule has 2 aliphatic heterocycles. The standard InChI is InChI=1S/C15H17N3O3/c1-17-11(4-5-16-17)7-18-8-13(9-18)21-12-2-3-14-15(6-12)20-10-19-14/h2-6,13H,7-10H2,1H3. The number of hydrogen-bond donors (Lipinski definition) is 0. The van der Waals surface area contributed by atoms with E-state index in [9.17, 15) is 0 Å². The zero-order valence-corrected chi connectivity index (χ0v) is 11.9. The van der Waals surface area contributed by atoms with Crippen molar-refractivity contribution < 1.29 is 14.2 Å². The second kappa shape index (κ2) is 4.96. The van der Waals surface area contributed by atoms with Crippen LogP contribution in [-0.2, 0) is 13.6 Å². The normalized spacial score (nSPS) is 17.8. The van der Waals surface area contributed by atoms with Gasteiger partial charge in [-0.3, -0.25) is 9.58 Å². The quantitative estimate of drug-likeness (QED) is 0.851. The highest BCUT2D eigenvalue weighted by Crippen LogP contribution is 2.35. The van der Waals surface area contributed by atoms with Crippen LogP contribution in [0.1, 0.15) is 5.69 Å². The number of rotatable bonds is 4. The first kappa shape index (κ1) is 12.5. The third-order valence-corrected chi connectivity index (χ3v) is 3.88. The molecule has 0 bridgehead atoms. The Morgan fingerprint density at radius 2 is 2.10 bits per heavy atom. The Morgan fingerprint density at radius 1 is 1.24 bits per heavy atom. The summed E-state index contributed by atoms with van der Waals surface area (Å²) in [5.41, 5.74) is 1.22. The molecule has 4 rings (SSSR count). The minimum atomic E-state index is 0.235. The van der Waals surface area contributed by atoms with Crippen LogP contribution in [0, 0.1) is 0 Å². The number of aromatic nitrogens is 2. The van der Waals surface area contributed by atoms with Crippen molar-refractivity contribution in [2.45, 2.75) is 12.6 Å². The van der Waals surface area contributed by atoms with E-state index in [1.54, 1.807) is 0 Å². The maximum atomic E-state index is 5.96. The van der Waals surface area contributed by atoms with Crippen LogP contribution in [0.3, 0.4) is 0 Å². The zero-order valence-electron chi connectivity index (χ0n) is 11.9. The van der Waals surface area contributed by atoms with Gasteiger partial charge in [-0.05, 0) is 18.2 Å². The molecule has 21 heavy (non-hydrogen) atoms. The Kier molecular flexibility index (Phi) is 2.96. The van der Waals surface area contributed by atoms with E-state index in [0.29, 0.717) is 6.79 Å². The lowest BCUT2D eigenvalue weighted by atomic mass is 10.1. The summed E-state index contributed by atoms with van der Waals surface area (Å²) in [6, 6.07) is 7.76. The van der Waals surface area contributed by atoms with Gasteiger partial charge in [-0.15, -0.1) is 0 Å². The molecule has 0 atom stereocenters. The average Bonchev–Trinajstić information content (AvgIpc) is 3.05. The van der Waals surface area contributed by atoms with E-state index in [1.807, 2.05) is 42.2 Å². The van der Waals surface area contributed by atoms with Crippen molar-refractivity contribution in [1.29, 1.82) is 0 Å². The van der Waals surface area contributed by atoms with Gasteiger partial charge in [0.15, 0.2) is 11.5 Å². The SMILES string of the molecule is Cn1nccc1CN1CC(Oc2ccc3c(c2)OCO3)C1. The first-order valence-corrected chi connectivity index (χ1v) is 7.03. The van der Waals surface area contributed by atoms with Gasteiger partial charge >= 0.3 is 0 Å². The average molecular weight is 287 g/mol. The maximum absolute atomic E-state index is 5.96. The first-order valence-electron chi connectivity index (χ1n) is 7.03. The lowest BCUT2D eigenvalue weighted by molar-refractivity contribution is 0.0130. The summed E-state index contributed by atoms with van der Waals surface area (Å²) in [6.45, 7) is 3.07. The summed E-state index contributed by atoms with van der Waals surface area (Å²) >= 11 is 0. The van der Waals surface area contributed by atoms with E-state index in [-0.39, 0.29) is 6.10 Å². The van der Waals surface area contributed by atoms with E-state index in [0.717, 1.165) is 36.9 Å². The number of fused-ring (bicyclic) bond motifs is 1. The highest BCUT2D eigenvalue weighted by molar-refractivity contribution is 5.47. The number of hydrogen-bond acceptors (Lipinski definition) is 5. The molecule has 3 heterocycles. The molecule has 2 aliphatic rings. The molecule has 0 N–H and O–H groups in total. The lowest BCUT2D eigenvalue weighted by Gasteiger charge is -2.38. The van der Waals surface area contributed by atoms with Crippen LogP contribution >= 0.6 is 0 Å². The number of ether oxygens (including phenoxy) is 3. The van der Waals surface area contributed by atoms with E-state index < -0.39 is 0 Å². The molecule has 0 saturated carbocycles. The lowest BCUT2D eigenvalue weighted by Crippen LogP contribution is -2.53. The van der Waals surface area contributed by atoms with Gasteiger partial charge in [0.05, 0.1) is 5.69 Å². The number of benzene rings is 1. The fourth-order valence-corrected chi connectivity index (χ4v) is 2.65. The topological polar surface area (TPSA) is 48.8 Å². The van der Waals surface area contributed by atoms with E-state index in [4.69, 9.17) is 14.2 Å². The Morgan fingerprint density at radius 3 is 2.90 bits per heavy atom. The number of likely N-dealkylation sites (tertiary alicyclic amines) is 1. The van der Waals surface area contributed by atoms with Crippen LogP contribution in [0.2, 0.25) is 0 Å². The summed E-state index contributed by atoms with van der Waals surface area (Å²) in [4.78, 5) is 2.34. The third-order valence-electron chi connectivity index (χ3n) is 3.88. The molecule has 1 saturated heterocycles. The number of aryl methyl sites for hydroxylation is 1. The minimum Gasteiger partial charge on any atom is -0.488 e. The highest BCUT2D eigenvalue weighted by atomic mass is 16.7. The molecule has 0 aliphatic carbocycles. The Bertz CT molecular complexity index is 649. The summed E-state index contributed by atoms with van der Waals surface area (Å²) in [7, 11) is 1.97. The van der Waals surface area contributed by atoms with Crippen LogP contribution in [0.4, 0.5) is 0 Å². The second-order valence-corrected chi connectivity index (χ2v) is 5.40.